The van der Waals surface area contributed by atoms with Gasteiger partial charge in [-0.05, 0) is 30.5 Å². The van der Waals surface area contributed by atoms with Crippen LogP contribution in [0.5, 0.6) is 0 Å². The minimum absolute atomic E-state index is 0. The molecule has 3 rings (SSSR count). The number of benzene rings is 1. The standard InChI is InChI=1S/C15H17N3OS.ClH/c1-2-17-11-6-3-4-7-12(11)18(15(17)16)10-13(19)14-8-5-9-20-14;/h3-9,13,16,19H,2,10H2,1H3;1H. The normalized spacial score (nSPS) is 12.3. The molecule has 0 bridgehead atoms. The van der Waals surface area contributed by atoms with Crippen molar-refractivity contribution in [3.8, 4) is 0 Å². The van der Waals surface area contributed by atoms with Gasteiger partial charge in [-0.25, -0.2) is 0 Å². The van der Waals surface area contributed by atoms with Gasteiger partial charge in [-0.3, -0.25) is 5.41 Å². The third-order valence-corrected chi connectivity index (χ3v) is 4.49. The van der Waals surface area contributed by atoms with Gasteiger partial charge in [-0.2, -0.15) is 0 Å². The number of hydrogen-bond donors (Lipinski definition) is 2. The highest BCUT2D eigenvalue weighted by atomic mass is 35.5. The SMILES string of the molecule is CCn1c(=N)n(CC(O)c2cccs2)c2ccccc21.Cl. The monoisotopic (exact) mass is 323 g/mol. The lowest BCUT2D eigenvalue weighted by Gasteiger charge is -2.10. The number of para-hydroxylation sites is 2. The van der Waals surface area contributed by atoms with Crippen molar-refractivity contribution >= 4 is 34.8 Å². The quantitative estimate of drug-likeness (QED) is 0.761. The molecule has 0 aliphatic heterocycles. The summed E-state index contributed by atoms with van der Waals surface area (Å²) in [6.07, 6.45) is -0.569. The molecule has 4 nitrogen and oxygen atoms in total. The highest BCUT2D eigenvalue weighted by Gasteiger charge is 2.14. The van der Waals surface area contributed by atoms with Gasteiger partial charge in [0.2, 0.25) is 5.62 Å². The highest BCUT2D eigenvalue weighted by molar-refractivity contribution is 7.10. The fourth-order valence-electron chi connectivity index (χ4n) is 2.54. The van der Waals surface area contributed by atoms with E-state index in [1.165, 1.54) is 0 Å². The maximum atomic E-state index is 10.3. The number of aryl methyl sites for hydroxylation is 1. The third kappa shape index (κ3) is 2.77. The Kier molecular flexibility index (Phi) is 4.88. The molecule has 21 heavy (non-hydrogen) atoms. The number of hydrogen-bond acceptors (Lipinski definition) is 3. The predicted molar refractivity (Wildman–Crippen MR) is 88.0 cm³/mol. The topological polar surface area (TPSA) is 53.9 Å². The Bertz CT molecular complexity index is 776. The largest absolute Gasteiger partial charge is 0.386 e. The van der Waals surface area contributed by atoms with Gasteiger partial charge in [0.15, 0.2) is 0 Å². The molecule has 2 N–H and O–H groups in total. The molecule has 6 heteroatoms. The first-order valence-corrected chi connectivity index (χ1v) is 7.54. The molecule has 0 saturated carbocycles. The van der Waals surface area contributed by atoms with E-state index in [1.807, 2.05) is 57.8 Å². The molecule has 1 aromatic carbocycles. The molecule has 2 heterocycles. The van der Waals surface area contributed by atoms with Gasteiger partial charge in [0, 0.05) is 11.4 Å². The number of nitrogens with zero attached hydrogens (tertiary/aromatic N) is 2. The molecule has 2 aromatic heterocycles. The van der Waals surface area contributed by atoms with Crippen LogP contribution in [0.1, 0.15) is 17.9 Å². The fourth-order valence-corrected chi connectivity index (χ4v) is 3.25. The van der Waals surface area contributed by atoms with Crippen molar-refractivity contribution in [1.29, 1.82) is 5.41 Å². The summed E-state index contributed by atoms with van der Waals surface area (Å²) < 4.78 is 3.83. The first-order chi connectivity index (χ1) is 9.72. The van der Waals surface area contributed by atoms with E-state index >= 15 is 0 Å². The van der Waals surface area contributed by atoms with Crippen LogP contribution in [0.15, 0.2) is 41.8 Å². The average Bonchev–Trinajstić information content (AvgIpc) is 3.07. The fraction of sp³-hybridized carbons (Fsp3) is 0.267. The zero-order valence-electron chi connectivity index (χ0n) is 11.7. The van der Waals surface area contributed by atoms with Crippen molar-refractivity contribution in [2.45, 2.75) is 26.1 Å². The van der Waals surface area contributed by atoms with Crippen LogP contribution in [0.25, 0.3) is 11.0 Å². The predicted octanol–water partition coefficient (Wildman–Crippen LogP) is 3.16. The van der Waals surface area contributed by atoms with Gasteiger partial charge in [-0.15, -0.1) is 23.7 Å². The van der Waals surface area contributed by atoms with Crippen molar-refractivity contribution in [2.75, 3.05) is 0 Å². The van der Waals surface area contributed by atoms with E-state index < -0.39 is 6.10 Å². The summed E-state index contributed by atoms with van der Waals surface area (Å²) in [5.74, 6) is 0. The van der Waals surface area contributed by atoms with Crippen LogP contribution in [0.4, 0.5) is 0 Å². The number of thiophene rings is 1. The second-order valence-corrected chi connectivity index (χ2v) is 5.68. The van der Waals surface area contributed by atoms with Gasteiger partial charge in [-0.1, -0.05) is 18.2 Å². The van der Waals surface area contributed by atoms with Crippen molar-refractivity contribution in [3.63, 3.8) is 0 Å². The number of rotatable bonds is 4. The number of aromatic nitrogens is 2. The summed E-state index contributed by atoms with van der Waals surface area (Å²) in [7, 11) is 0. The van der Waals surface area contributed by atoms with Crippen LogP contribution in [0.2, 0.25) is 0 Å². The van der Waals surface area contributed by atoms with E-state index in [4.69, 9.17) is 5.41 Å². The Morgan fingerprint density at radius 3 is 2.38 bits per heavy atom. The molecule has 0 aliphatic rings. The minimum atomic E-state index is -0.569. The number of halogens is 1. The Hall–Kier alpha value is -1.56. The summed E-state index contributed by atoms with van der Waals surface area (Å²) in [5, 5.41) is 20.6. The molecular formula is C15H18ClN3OS. The average molecular weight is 324 g/mol. The van der Waals surface area contributed by atoms with Gasteiger partial charge >= 0.3 is 0 Å². The molecule has 0 radical (unpaired) electrons. The summed E-state index contributed by atoms with van der Waals surface area (Å²) in [4.78, 5) is 0.935. The van der Waals surface area contributed by atoms with Crippen LogP contribution in [0, 0.1) is 5.41 Å². The minimum Gasteiger partial charge on any atom is -0.386 e. The van der Waals surface area contributed by atoms with Crippen LogP contribution < -0.4 is 5.62 Å². The van der Waals surface area contributed by atoms with Crippen molar-refractivity contribution in [2.24, 2.45) is 0 Å². The lowest BCUT2D eigenvalue weighted by atomic mass is 10.2. The molecule has 1 unspecified atom stereocenters. The summed E-state index contributed by atoms with van der Waals surface area (Å²) >= 11 is 1.54. The van der Waals surface area contributed by atoms with Crippen LogP contribution in [-0.2, 0) is 13.1 Å². The van der Waals surface area contributed by atoms with E-state index in [-0.39, 0.29) is 12.4 Å². The third-order valence-electron chi connectivity index (χ3n) is 3.52. The number of nitrogens with one attached hydrogen (secondary N) is 1. The van der Waals surface area contributed by atoms with Crippen LogP contribution in [-0.4, -0.2) is 14.2 Å². The first-order valence-electron chi connectivity index (χ1n) is 6.66. The number of aliphatic hydroxyl groups is 1. The maximum absolute atomic E-state index is 10.3. The van der Waals surface area contributed by atoms with Crippen molar-refractivity contribution in [3.05, 3.63) is 52.3 Å². The molecule has 3 aromatic rings. The molecule has 112 valence electrons. The molecule has 0 fully saturated rings. The van der Waals surface area contributed by atoms with E-state index in [0.29, 0.717) is 12.2 Å². The summed E-state index contributed by atoms with van der Waals surface area (Å²) in [5.41, 5.74) is 2.47. The number of fused-ring (bicyclic) bond motifs is 1. The lowest BCUT2D eigenvalue weighted by molar-refractivity contribution is 0.159. The number of imidazole rings is 1. The number of aliphatic hydroxyl groups excluding tert-OH is 1. The van der Waals surface area contributed by atoms with Gasteiger partial charge < -0.3 is 14.2 Å². The van der Waals surface area contributed by atoms with Crippen LogP contribution >= 0.6 is 23.7 Å². The van der Waals surface area contributed by atoms with E-state index in [9.17, 15) is 5.11 Å². The van der Waals surface area contributed by atoms with E-state index in [1.54, 1.807) is 11.3 Å². The molecule has 0 saturated heterocycles. The zero-order valence-corrected chi connectivity index (χ0v) is 13.3. The molecule has 0 amide bonds. The van der Waals surface area contributed by atoms with Crippen molar-refractivity contribution in [1.82, 2.24) is 9.13 Å². The van der Waals surface area contributed by atoms with E-state index in [2.05, 4.69) is 0 Å². The Balaban J connectivity index is 0.00000161. The van der Waals surface area contributed by atoms with Crippen molar-refractivity contribution < 1.29 is 5.11 Å². The van der Waals surface area contributed by atoms with Gasteiger partial charge in [0.25, 0.3) is 0 Å². The second kappa shape index (κ2) is 6.47. The second-order valence-electron chi connectivity index (χ2n) is 4.70. The summed E-state index contributed by atoms with van der Waals surface area (Å²) in [6.45, 7) is 3.19. The summed E-state index contributed by atoms with van der Waals surface area (Å²) in [6, 6.07) is 11.8. The van der Waals surface area contributed by atoms with Gasteiger partial charge in [0.05, 0.1) is 17.6 Å². The molecule has 0 aliphatic carbocycles. The Morgan fingerprint density at radius 2 is 1.81 bits per heavy atom. The Morgan fingerprint density at radius 1 is 1.14 bits per heavy atom. The highest BCUT2D eigenvalue weighted by Crippen LogP contribution is 2.22. The molecule has 1 atom stereocenters. The Labute approximate surface area is 133 Å². The molecular weight excluding hydrogens is 306 g/mol. The molecule has 0 spiro atoms. The smallest absolute Gasteiger partial charge is 0.203 e. The van der Waals surface area contributed by atoms with Crippen LogP contribution in [0.3, 0.4) is 0 Å². The lowest BCUT2D eigenvalue weighted by Crippen LogP contribution is -2.26. The maximum Gasteiger partial charge on any atom is 0.203 e. The zero-order chi connectivity index (χ0) is 14.1. The van der Waals surface area contributed by atoms with Gasteiger partial charge in [0.1, 0.15) is 6.10 Å². The van der Waals surface area contributed by atoms with E-state index in [0.717, 1.165) is 22.5 Å². The first kappa shape index (κ1) is 15.8.